The van der Waals surface area contributed by atoms with Crippen LogP contribution in [0.25, 0.3) is 23.0 Å². The van der Waals surface area contributed by atoms with Crippen molar-refractivity contribution in [3.63, 3.8) is 0 Å². The third-order valence-corrected chi connectivity index (χ3v) is 5.77. The lowest BCUT2D eigenvalue weighted by molar-refractivity contribution is 0.662. The number of hydrogen-bond acceptors (Lipinski definition) is 8. The molecular weight excluding hydrogens is 724 g/mol. The van der Waals surface area contributed by atoms with E-state index in [9.17, 15) is 0 Å². The number of nitriles is 1. The van der Waals surface area contributed by atoms with E-state index in [1.165, 1.54) is 25.0 Å². The van der Waals surface area contributed by atoms with E-state index in [-0.39, 0.29) is 32.8 Å². The molecule has 14 heteroatoms. The molecular formula is C42H65BClFN11. The lowest BCUT2D eigenvalue weighted by Gasteiger charge is -2.05. The predicted octanol–water partition coefficient (Wildman–Crippen LogP) is 10.4. The van der Waals surface area contributed by atoms with E-state index in [1.807, 2.05) is 151 Å². The van der Waals surface area contributed by atoms with Crippen molar-refractivity contribution < 1.29 is 6.13 Å². The highest BCUT2D eigenvalue weighted by atomic mass is 35.5. The second-order valence-corrected chi connectivity index (χ2v) is 9.59. The molecule has 4 heterocycles. The van der Waals surface area contributed by atoms with Gasteiger partial charge in [-0.15, -0.1) is 17.5 Å². The summed E-state index contributed by atoms with van der Waals surface area (Å²) < 4.78 is 3.80. The lowest BCUT2D eigenvalue weighted by Crippen LogP contribution is -2.04. The first-order chi connectivity index (χ1) is 25.8. The first-order valence-corrected chi connectivity index (χ1v) is 18.2. The highest BCUT2D eigenvalue weighted by Gasteiger charge is 2.11. The summed E-state index contributed by atoms with van der Waals surface area (Å²) in [6.45, 7) is 24.2. The maximum Gasteiger partial charge on any atom is 0.200 e. The zero-order valence-electron chi connectivity index (χ0n) is 35.3. The van der Waals surface area contributed by atoms with Crippen LogP contribution in [-0.4, -0.2) is 53.7 Å². The Hall–Kier alpha value is -5.74. The van der Waals surface area contributed by atoms with Gasteiger partial charge in [0, 0.05) is 29.2 Å². The molecule has 0 aliphatic rings. The summed E-state index contributed by atoms with van der Waals surface area (Å²) in [5, 5.41) is 22.6. The largest absolute Gasteiger partial charge is 0.388 e. The fourth-order valence-corrected chi connectivity index (χ4v) is 3.94. The van der Waals surface area contributed by atoms with E-state index in [0.29, 0.717) is 12.4 Å². The number of amidine groups is 1. The van der Waals surface area contributed by atoms with Gasteiger partial charge in [0.25, 0.3) is 0 Å². The van der Waals surface area contributed by atoms with Crippen molar-refractivity contribution in [1.82, 2.24) is 39.5 Å². The first kappa shape index (κ1) is 59.5. The minimum Gasteiger partial charge on any atom is -0.388 e. The van der Waals surface area contributed by atoms with Crippen molar-refractivity contribution in [1.29, 1.82) is 10.7 Å². The molecule has 0 aliphatic carbocycles. The van der Waals surface area contributed by atoms with Gasteiger partial charge in [-0.2, -0.15) is 10.4 Å². The normalized spacial score (nSPS) is 8.20. The summed E-state index contributed by atoms with van der Waals surface area (Å²) in [7, 11) is 0. The first-order valence-electron chi connectivity index (χ1n) is 18.2. The third kappa shape index (κ3) is 24.6. The number of benzene rings is 2. The Morgan fingerprint density at radius 3 is 1.45 bits per heavy atom. The molecule has 0 aliphatic heterocycles. The van der Waals surface area contributed by atoms with E-state index in [2.05, 4.69) is 54.4 Å². The molecule has 56 heavy (non-hydrogen) atoms. The zero-order chi connectivity index (χ0) is 40.4. The van der Waals surface area contributed by atoms with Crippen molar-refractivity contribution in [3.05, 3.63) is 132 Å². The molecule has 4 aromatic heterocycles. The van der Waals surface area contributed by atoms with Crippen LogP contribution in [0.3, 0.4) is 0 Å². The number of nitrogens with two attached hydrogens (primary N) is 1. The molecule has 0 saturated carbocycles. The number of nitrogens with zero attached hydrogens (tertiary/aromatic N) is 9. The molecule has 3 N–H and O–H groups in total. The molecule has 0 fully saturated rings. The van der Waals surface area contributed by atoms with Crippen molar-refractivity contribution in [2.24, 2.45) is 5.73 Å². The molecule has 0 unspecified atom stereocenters. The van der Waals surface area contributed by atoms with E-state index < -0.39 is 0 Å². The summed E-state index contributed by atoms with van der Waals surface area (Å²) >= 11 is 0. The Bertz CT molecular complexity index is 1790. The number of aromatic nitrogens is 8. The minimum atomic E-state index is 0. The molecule has 11 nitrogen and oxygen atoms in total. The summed E-state index contributed by atoms with van der Waals surface area (Å²) in [4.78, 5) is 17.5. The maximum absolute atomic E-state index is 7.32. The van der Waals surface area contributed by atoms with Crippen molar-refractivity contribution in [3.8, 4) is 29.1 Å². The highest BCUT2D eigenvalue weighted by Crippen LogP contribution is 2.16. The van der Waals surface area contributed by atoms with Gasteiger partial charge in [0.05, 0.1) is 25.0 Å². The van der Waals surface area contributed by atoms with Crippen LogP contribution in [0, 0.1) is 30.6 Å². The Morgan fingerprint density at radius 1 is 0.679 bits per heavy atom. The number of nitrogens with one attached hydrogen (secondary N) is 1. The van der Waals surface area contributed by atoms with Crippen LogP contribution in [0.4, 0.5) is 4.70 Å². The second kappa shape index (κ2) is 39.0. The quantitative estimate of drug-likeness (QED) is 0.0957. The Labute approximate surface area is 345 Å². The summed E-state index contributed by atoms with van der Waals surface area (Å²) in [5.41, 5.74) is 8.75. The highest BCUT2D eigenvalue weighted by molar-refractivity contribution is 5.85. The van der Waals surface area contributed by atoms with Crippen molar-refractivity contribution in [2.45, 2.75) is 96.2 Å². The van der Waals surface area contributed by atoms with E-state index in [1.54, 1.807) is 18.5 Å². The topological polar surface area (TPSA) is 161 Å². The fourth-order valence-electron chi connectivity index (χ4n) is 3.94. The van der Waals surface area contributed by atoms with Crippen LogP contribution in [0.1, 0.15) is 93.4 Å². The second-order valence-electron chi connectivity index (χ2n) is 9.59. The van der Waals surface area contributed by atoms with Crippen LogP contribution >= 0.6 is 12.4 Å². The average molecular weight is 790 g/mol. The lowest BCUT2D eigenvalue weighted by atomic mass is 10.2. The smallest absolute Gasteiger partial charge is 0.200 e. The molecule has 3 radical (unpaired) electrons. The van der Waals surface area contributed by atoms with E-state index in [4.69, 9.17) is 16.4 Å². The van der Waals surface area contributed by atoms with Crippen LogP contribution in [-0.2, 0) is 13.1 Å². The number of halogens is 2. The molecule has 0 saturated heterocycles. The summed E-state index contributed by atoms with van der Waals surface area (Å²) in [5.74, 6) is 3.30. The molecule has 0 spiro atoms. The van der Waals surface area contributed by atoms with Gasteiger partial charge in [-0.3, -0.25) is 20.1 Å². The van der Waals surface area contributed by atoms with Gasteiger partial charge in [-0.1, -0.05) is 128 Å². The van der Waals surface area contributed by atoms with Gasteiger partial charge in [0.15, 0.2) is 11.6 Å². The van der Waals surface area contributed by atoms with E-state index in [0.717, 1.165) is 35.4 Å². The van der Waals surface area contributed by atoms with Gasteiger partial charge >= 0.3 is 0 Å². The molecule has 0 amide bonds. The molecule has 0 bridgehead atoms. The molecule has 6 aromatic rings. The van der Waals surface area contributed by atoms with Crippen molar-refractivity contribution >= 4 is 26.7 Å². The standard InChI is InChI=1S/2C15H14N4.C2H6N2.C2H3N.4C2H6.B.ClH.FH.H2/c1-12-17-15(14-9-5-6-10-16-14)18-19(12)11-13-7-3-2-4-8-13;1-12-17-15(14-9-5-6-10-16-14)19(18-12)11-13-7-3-2-4-8-13;1-2(3)4;1-2-3;4*1-2;;;;/h2*2-10H,11H2,1H3;1H3,(H3,3,4);1H3;4*1-2H3;;3*1H/i;;;;;;;;;;;1+1. The molecule has 2 aromatic carbocycles. The van der Waals surface area contributed by atoms with E-state index >= 15 is 0 Å². The number of aryl methyl sites for hydroxylation is 2. The van der Waals surface area contributed by atoms with Gasteiger partial charge in [-0.25, -0.2) is 19.3 Å². The summed E-state index contributed by atoms with van der Waals surface area (Å²) in [6, 6.07) is 33.8. The number of rotatable bonds is 6. The Kier molecular flexibility index (Phi) is 41.4. The Morgan fingerprint density at radius 2 is 1.05 bits per heavy atom. The predicted molar refractivity (Wildman–Crippen MR) is 239 cm³/mol. The average Bonchev–Trinajstić information content (AvgIpc) is 3.77. The van der Waals surface area contributed by atoms with Crippen molar-refractivity contribution in [2.75, 3.05) is 0 Å². The Balaban J connectivity index is -0.000000162. The maximum atomic E-state index is 7.32. The number of hydrogen-bond donors (Lipinski definition) is 2. The molecule has 305 valence electrons. The van der Waals surface area contributed by atoms with Crippen LogP contribution in [0.15, 0.2) is 109 Å². The van der Waals surface area contributed by atoms with Crippen LogP contribution in [0.5, 0.6) is 0 Å². The van der Waals surface area contributed by atoms with Gasteiger partial charge < -0.3 is 5.73 Å². The monoisotopic (exact) mass is 790 g/mol. The SMILES string of the molecule is CC.CC.CC.CC.CC#N.CC(=N)N.Cc1nc(-c2ccccn2)n(Cc2ccccc2)n1.Cc1nc(-c2ccccn2)nn1Cc1ccccc1.Cl.F.[2HH].[B]. The van der Waals surface area contributed by atoms with Gasteiger partial charge in [-0.05, 0) is 56.2 Å². The third-order valence-electron chi connectivity index (χ3n) is 5.77. The van der Waals surface area contributed by atoms with Crippen LogP contribution < -0.4 is 5.73 Å². The number of pyridine rings is 2. The zero-order valence-corrected chi connectivity index (χ0v) is 36.1. The molecule has 0 atom stereocenters. The van der Waals surface area contributed by atoms with Gasteiger partial charge in [0.1, 0.15) is 23.0 Å². The van der Waals surface area contributed by atoms with Gasteiger partial charge in [0.2, 0.25) is 0 Å². The summed E-state index contributed by atoms with van der Waals surface area (Å²) in [6.07, 6.45) is 3.52. The molecule has 6 rings (SSSR count). The fraction of sp³-hybridized carbons (Fsp3) is 0.333. The minimum absolute atomic E-state index is 0. The van der Waals surface area contributed by atoms with Crippen LogP contribution in [0.2, 0.25) is 0 Å².